The summed E-state index contributed by atoms with van der Waals surface area (Å²) in [5, 5.41) is 1.16. The van der Waals surface area contributed by atoms with Crippen molar-refractivity contribution in [2.24, 2.45) is 0 Å². The summed E-state index contributed by atoms with van der Waals surface area (Å²) in [5.74, 6) is -0.374. The molecule has 2 aromatic carbocycles. The van der Waals surface area contributed by atoms with Gasteiger partial charge in [-0.15, -0.1) is 12.4 Å². The Kier molecular flexibility index (Phi) is 8.19. The van der Waals surface area contributed by atoms with Crippen LogP contribution in [0.25, 0.3) is 10.2 Å². The minimum absolute atomic E-state index is 0. The molecular formula is C20H22Cl2FN3OS. The molecule has 1 amide bonds. The van der Waals surface area contributed by atoms with Crippen LogP contribution in [-0.2, 0) is 11.2 Å². The number of aromatic nitrogens is 1. The molecule has 3 aromatic rings. The highest BCUT2D eigenvalue weighted by Gasteiger charge is 2.21. The lowest BCUT2D eigenvalue weighted by Gasteiger charge is -2.21. The zero-order valence-electron chi connectivity index (χ0n) is 15.7. The first-order chi connectivity index (χ1) is 12.9. The van der Waals surface area contributed by atoms with Crippen LogP contribution < -0.4 is 4.90 Å². The molecule has 0 bridgehead atoms. The molecule has 0 spiro atoms. The highest BCUT2D eigenvalue weighted by molar-refractivity contribution is 7.22. The molecule has 0 unspecified atom stereocenters. The van der Waals surface area contributed by atoms with E-state index in [0.29, 0.717) is 22.2 Å². The first-order valence-corrected chi connectivity index (χ1v) is 9.88. The summed E-state index contributed by atoms with van der Waals surface area (Å²) >= 11 is 7.54. The number of rotatable bonds is 7. The van der Waals surface area contributed by atoms with E-state index < -0.39 is 0 Å². The predicted molar refractivity (Wildman–Crippen MR) is 118 cm³/mol. The highest BCUT2D eigenvalue weighted by Crippen LogP contribution is 2.30. The average molecular weight is 442 g/mol. The zero-order chi connectivity index (χ0) is 19.4. The molecule has 0 aliphatic rings. The van der Waals surface area contributed by atoms with Crippen molar-refractivity contribution < 1.29 is 9.18 Å². The molecule has 0 saturated carbocycles. The molecule has 0 saturated heterocycles. The van der Waals surface area contributed by atoms with Crippen LogP contribution in [0, 0.1) is 5.82 Å². The number of nitrogens with zero attached hydrogens (tertiary/aromatic N) is 3. The van der Waals surface area contributed by atoms with E-state index in [1.54, 1.807) is 17.0 Å². The Morgan fingerprint density at radius 1 is 1.18 bits per heavy atom. The molecule has 28 heavy (non-hydrogen) atoms. The molecule has 0 fully saturated rings. The first kappa shape index (κ1) is 22.6. The Balaban J connectivity index is 0.00000280. The molecule has 0 aliphatic carbocycles. The number of fused-ring (bicyclic) bond motifs is 1. The number of benzene rings is 2. The van der Waals surface area contributed by atoms with E-state index >= 15 is 0 Å². The Labute approximate surface area is 179 Å². The third kappa shape index (κ3) is 5.64. The van der Waals surface area contributed by atoms with Gasteiger partial charge in [0.05, 0.1) is 16.6 Å². The van der Waals surface area contributed by atoms with Gasteiger partial charge in [0, 0.05) is 11.6 Å². The first-order valence-electron chi connectivity index (χ1n) is 8.68. The summed E-state index contributed by atoms with van der Waals surface area (Å²) in [4.78, 5) is 21.3. The van der Waals surface area contributed by atoms with Gasteiger partial charge in [0.15, 0.2) is 5.13 Å². The van der Waals surface area contributed by atoms with Crippen LogP contribution in [0.2, 0.25) is 5.02 Å². The summed E-state index contributed by atoms with van der Waals surface area (Å²) in [6.45, 7) is 1.40. The zero-order valence-corrected chi connectivity index (χ0v) is 18.1. The fourth-order valence-electron chi connectivity index (χ4n) is 2.77. The van der Waals surface area contributed by atoms with Gasteiger partial charge in [-0.05, 0) is 56.9 Å². The van der Waals surface area contributed by atoms with Gasteiger partial charge >= 0.3 is 0 Å². The molecule has 0 aliphatic heterocycles. The molecule has 8 heteroatoms. The number of carbonyl (C=O) groups is 1. The highest BCUT2D eigenvalue weighted by atomic mass is 35.5. The molecule has 4 nitrogen and oxygen atoms in total. The van der Waals surface area contributed by atoms with Crippen molar-refractivity contribution in [2.75, 3.05) is 32.1 Å². The van der Waals surface area contributed by atoms with Crippen molar-refractivity contribution >= 4 is 56.6 Å². The number of amides is 1. The molecule has 0 radical (unpaired) electrons. The standard InChI is InChI=1S/C20H21ClFN3OS.ClH/c1-24(2)10-5-11-25(19(26)12-14-6-3-4-7-16(14)21)20-23-17-9-8-15(22)13-18(17)27-20;/h3-4,6-9,13H,5,10-12H2,1-2H3;1H. The molecule has 1 aromatic heterocycles. The van der Waals surface area contributed by atoms with Gasteiger partial charge in [-0.2, -0.15) is 0 Å². The maximum absolute atomic E-state index is 13.5. The number of hydrogen-bond acceptors (Lipinski definition) is 4. The van der Waals surface area contributed by atoms with E-state index in [0.717, 1.165) is 23.2 Å². The van der Waals surface area contributed by atoms with Gasteiger partial charge < -0.3 is 4.90 Å². The monoisotopic (exact) mass is 441 g/mol. The molecule has 0 atom stereocenters. The largest absolute Gasteiger partial charge is 0.309 e. The van der Waals surface area contributed by atoms with Crippen LogP contribution in [0.15, 0.2) is 42.5 Å². The number of thiazole rings is 1. The van der Waals surface area contributed by atoms with Gasteiger partial charge in [-0.25, -0.2) is 9.37 Å². The van der Waals surface area contributed by atoms with Gasteiger partial charge in [-0.1, -0.05) is 41.1 Å². The topological polar surface area (TPSA) is 36.4 Å². The molecule has 0 N–H and O–H groups in total. The van der Waals surface area contributed by atoms with Crippen LogP contribution in [0.3, 0.4) is 0 Å². The smallest absolute Gasteiger partial charge is 0.233 e. The normalized spacial score (nSPS) is 10.9. The van der Waals surface area contributed by atoms with Crippen LogP contribution >= 0.6 is 35.3 Å². The van der Waals surface area contributed by atoms with Crippen molar-refractivity contribution in [3.63, 3.8) is 0 Å². The molecular weight excluding hydrogens is 420 g/mol. The van der Waals surface area contributed by atoms with E-state index in [9.17, 15) is 9.18 Å². The lowest BCUT2D eigenvalue weighted by Crippen LogP contribution is -2.34. The fourth-order valence-corrected chi connectivity index (χ4v) is 4.01. The van der Waals surface area contributed by atoms with Gasteiger partial charge in [0.2, 0.25) is 5.91 Å². The minimum atomic E-state index is -0.306. The number of halogens is 3. The van der Waals surface area contributed by atoms with Gasteiger partial charge in [-0.3, -0.25) is 9.69 Å². The second-order valence-corrected chi connectivity index (χ2v) is 8.00. The summed E-state index contributed by atoms with van der Waals surface area (Å²) in [5.41, 5.74) is 1.48. The minimum Gasteiger partial charge on any atom is -0.309 e. The maximum atomic E-state index is 13.5. The van der Waals surface area contributed by atoms with E-state index in [1.165, 1.54) is 23.5 Å². The van der Waals surface area contributed by atoms with Crippen molar-refractivity contribution in [3.05, 3.63) is 58.9 Å². The summed E-state index contributed by atoms with van der Waals surface area (Å²) in [6.07, 6.45) is 1.01. The maximum Gasteiger partial charge on any atom is 0.233 e. The summed E-state index contributed by atoms with van der Waals surface area (Å²) in [7, 11) is 3.99. The van der Waals surface area contributed by atoms with Crippen molar-refractivity contribution in [2.45, 2.75) is 12.8 Å². The summed E-state index contributed by atoms with van der Waals surface area (Å²) in [6, 6.07) is 11.8. The second-order valence-electron chi connectivity index (χ2n) is 6.58. The van der Waals surface area contributed by atoms with E-state index in [2.05, 4.69) is 9.88 Å². The number of anilines is 1. The van der Waals surface area contributed by atoms with E-state index in [4.69, 9.17) is 11.6 Å². The third-order valence-corrected chi connectivity index (χ3v) is 5.57. The van der Waals surface area contributed by atoms with Gasteiger partial charge in [0.25, 0.3) is 0 Å². The van der Waals surface area contributed by atoms with Crippen LogP contribution in [0.1, 0.15) is 12.0 Å². The lowest BCUT2D eigenvalue weighted by atomic mass is 10.1. The van der Waals surface area contributed by atoms with Crippen molar-refractivity contribution in [1.82, 2.24) is 9.88 Å². The Morgan fingerprint density at radius 2 is 1.93 bits per heavy atom. The third-order valence-electron chi connectivity index (χ3n) is 4.16. The Morgan fingerprint density at radius 3 is 2.64 bits per heavy atom. The number of carbonyl (C=O) groups excluding carboxylic acids is 1. The molecule has 150 valence electrons. The lowest BCUT2D eigenvalue weighted by molar-refractivity contribution is -0.118. The molecule has 1 heterocycles. The Bertz CT molecular complexity index is 948. The van der Waals surface area contributed by atoms with E-state index in [-0.39, 0.29) is 30.6 Å². The number of hydrogen-bond donors (Lipinski definition) is 0. The predicted octanol–water partition coefficient (Wildman–Crippen LogP) is 5.04. The fraction of sp³-hybridized carbons (Fsp3) is 0.300. The van der Waals surface area contributed by atoms with E-state index in [1.807, 2.05) is 32.3 Å². The van der Waals surface area contributed by atoms with Crippen LogP contribution in [-0.4, -0.2) is 43.0 Å². The van der Waals surface area contributed by atoms with Crippen molar-refractivity contribution in [1.29, 1.82) is 0 Å². The van der Waals surface area contributed by atoms with Crippen LogP contribution in [0.5, 0.6) is 0 Å². The quantitative estimate of drug-likeness (QED) is 0.515. The van der Waals surface area contributed by atoms with Crippen molar-refractivity contribution in [3.8, 4) is 0 Å². The SMILES string of the molecule is CN(C)CCCN(C(=O)Cc1ccccc1Cl)c1nc2ccc(F)cc2s1.Cl. The summed E-state index contributed by atoms with van der Waals surface area (Å²) < 4.78 is 14.2. The second kappa shape index (κ2) is 10.2. The van der Waals surface area contributed by atoms with Gasteiger partial charge in [0.1, 0.15) is 5.82 Å². The average Bonchev–Trinajstić information content (AvgIpc) is 3.03. The Hall–Kier alpha value is -1.73. The van der Waals surface area contributed by atoms with Crippen LogP contribution in [0.4, 0.5) is 9.52 Å². The molecule has 3 rings (SSSR count).